The Morgan fingerprint density at radius 1 is 1.56 bits per heavy atom. The zero-order valence-electron chi connectivity index (χ0n) is 5.08. The van der Waals surface area contributed by atoms with Crippen LogP contribution in [0.5, 0.6) is 0 Å². The first-order valence-electron chi connectivity index (χ1n) is 2.85. The lowest BCUT2D eigenvalue weighted by atomic mass is 10.1. The highest BCUT2D eigenvalue weighted by Crippen LogP contribution is 2.26. The molecule has 1 aliphatic heterocycles. The molecule has 0 radical (unpaired) electrons. The zero-order valence-corrected chi connectivity index (χ0v) is 5.90. The maximum atomic E-state index is 9.06. The van der Waals surface area contributed by atoms with Crippen LogP contribution in [-0.2, 0) is 0 Å². The Hall–Kier alpha value is 0.01000. The van der Waals surface area contributed by atoms with Crippen LogP contribution in [0, 0.1) is 0 Å². The third kappa shape index (κ3) is 1.71. The van der Waals surface area contributed by atoms with Crippen LogP contribution < -0.4 is 0 Å². The smallest absolute Gasteiger partial charge is 0.103 e. The molecule has 3 heteroatoms. The van der Waals surface area contributed by atoms with E-state index >= 15 is 0 Å². The number of aliphatic hydroxyl groups excluding tert-OH is 2. The largest absolute Gasteiger partial charge is 0.388 e. The fourth-order valence-corrected chi connectivity index (χ4v) is 1.71. The Morgan fingerprint density at radius 2 is 2.22 bits per heavy atom. The van der Waals surface area contributed by atoms with Gasteiger partial charge in [-0.2, -0.15) is 0 Å². The molecule has 2 atom stereocenters. The minimum absolute atomic E-state index is 0.346. The van der Waals surface area contributed by atoms with Gasteiger partial charge in [0, 0.05) is 12.2 Å². The Balaban J connectivity index is 2.44. The van der Waals surface area contributed by atoms with E-state index in [1.807, 2.05) is 0 Å². The first kappa shape index (κ1) is 7.12. The molecule has 2 unspecified atom stereocenters. The van der Waals surface area contributed by atoms with Gasteiger partial charge in [0.1, 0.15) is 5.44 Å². The SMILES string of the molecule is C=C1CC(O)SCC1O. The number of rotatable bonds is 0. The second kappa shape index (κ2) is 2.73. The van der Waals surface area contributed by atoms with E-state index in [0.717, 1.165) is 5.57 Å². The summed E-state index contributed by atoms with van der Waals surface area (Å²) in [6, 6.07) is 0. The van der Waals surface area contributed by atoms with Gasteiger partial charge >= 0.3 is 0 Å². The molecule has 9 heavy (non-hydrogen) atoms. The molecule has 0 bridgehead atoms. The maximum absolute atomic E-state index is 9.06. The van der Waals surface area contributed by atoms with Gasteiger partial charge in [-0.3, -0.25) is 0 Å². The first-order valence-corrected chi connectivity index (χ1v) is 3.90. The minimum Gasteiger partial charge on any atom is -0.388 e. The van der Waals surface area contributed by atoms with Crippen molar-refractivity contribution in [2.45, 2.75) is 18.0 Å². The molecule has 1 fully saturated rings. The third-order valence-electron chi connectivity index (χ3n) is 1.35. The second-order valence-corrected chi connectivity index (χ2v) is 3.38. The summed E-state index contributed by atoms with van der Waals surface area (Å²) >= 11 is 1.37. The fraction of sp³-hybridized carbons (Fsp3) is 0.667. The highest BCUT2D eigenvalue weighted by molar-refractivity contribution is 7.99. The van der Waals surface area contributed by atoms with E-state index in [2.05, 4.69) is 6.58 Å². The number of hydrogen-bond donors (Lipinski definition) is 2. The molecule has 0 aromatic rings. The molecule has 2 N–H and O–H groups in total. The molecule has 0 saturated carbocycles. The Bertz CT molecular complexity index is 124. The lowest BCUT2D eigenvalue weighted by molar-refractivity contribution is 0.198. The summed E-state index contributed by atoms with van der Waals surface area (Å²) in [5, 5.41) is 18.1. The predicted octanol–water partition coefficient (Wildman–Crippen LogP) is 0.359. The zero-order chi connectivity index (χ0) is 6.85. The van der Waals surface area contributed by atoms with Crippen LogP contribution >= 0.6 is 11.8 Å². The molecule has 0 aliphatic carbocycles. The molecule has 1 heterocycles. The van der Waals surface area contributed by atoms with E-state index in [1.54, 1.807) is 0 Å². The number of hydrogen-bond acceptors (Lipinski definition) is 3. The van der Waals surface area contributed by atoms with Crippen LogP contribution in [0.3, 0.4) is 0 Å². The summed E-state index contributed by atoms with van der Waals surface area (Å²) in [5.41, 5.74) is 0.405. The van der Waals surface area contributed by atoms with Crippen LogP contribution in [0.15, 0.2) is 12.2 Å². The van der Waals surface area contributed by atoms with Crippen LogP contribution in [0.25, 0.3) is 0 Å². The standard InChI is InChI=1S/C6H10O2S/c1-4-2-6(8)9-3-5(4)7/h5-8H,1-3H2. The molecular formula is C6H10O2S. The summed E-state index contributed by atoms with van der Waals surface area (Å²) in [7, 11) is 0. The van der Waals surface area contributed by atoms with Crippen molar-refractivity contribution in [3.63, 3.8) is 0 Å². The van der Waals surface area contributed by atoms with Crippen LogP contribution in [0.4, 0.5) is 0 Å². The molecule has 52 valence electrons. The van der Waals surface area contributed by atoms with E-state index in [0.29, 0.717) is 12.2 Å². The van der Waals surface area contributed by atoms with Crippen molar-refractivity contribution in [2.24, 2.45) is 0 Å². The van der Waals surface area contributed by atoms with Gasteiger partial charge in [-0.15, -0.1) is 11.8 Å². The monoisotopic (exact) mass is 146 g/mol. The van der Waals surface area contributed by atoms with Crippen molar-refractivity contribution < 1.29 is 10.2 Å². The van der Waals surface area contributed by atoms with E-state index in [1.165, 1.54) is 11.8 Å². The number of thioether (sulfide) groups is 1. The molecule has 0 aromatic carbocycles. The van der Waals surface area contributed by atoms with Crippen LogP contribution in [0.1, 0.15) is 6.42 Å². The van der Waals surface area contributed by atoms with Crippen molar-refractivity contribution >= 4 is 11.8 Å². The van der Waals surface area contributed by atoms with Gasteiger partial charge in [0.2, 0.25) is 0 Å². The van der Waals surface area contributed by atoms with Gasteiger partial charge < -0.3 is 10.2 Å². The summed E-state index contributed by atoms with van der Waals surface area (Å²) in [6.45, 7) is 3.62. The lowest BCUT2D eigenvalue weighted by Crippen LogP contribution is -2.23. The quantitative estimate of drug-likeness (QED) is 0.485. The molecule has 0 spiro atoms. The topological polar surface area (TPSA) is 40.5 Å². The molecular weight excluding hydrogens is 136 g/mol. The predicted molar refractivity (Wildman–Crippen MR) is 38.2 cm³/mol. The fourth-order valence-electron chi connectivity index (χ4n) is 0.739. The summed E-state index contributed by atoms with van der Waals surface area (Å²) < 4.78 is 0. The Kier molecular flexibility index (Phi) is 2.16. The Labute approximate surface area is 58.6 Å². The van der Waals surface area contributed by atoms with Gasteiger partial charge in [-0.25, -0.2) is 0 Å². The van der Waals surface area contributed by atoms with Crippen molar-refractivity contribution in [1.82, 2.24) is 0 Å². The molecule has 1 saturated heterocycles. The van der Waals surface area contributed by atoms with Gasteiger partial charge in [-0.05, 0) is 5.57 Å². The van der Waals surface area contributed by atoms with E-state index in [4.69, 9.17) is 10.2 Å². The second-order valence-electron chi connectivity index (χ2n) is 2.17. The van der Waals surface area contributed by atoms with Gasteiger partial charge in [0.05, 0.1) is 6.10 Å². The highest BCUT2D eigenvalue weighted by Gasteiger charge is 2.20. The minimum atomic E-state index is -0.404. The summed E-state index contributed by atoms with van der Waals surface area (Å²) in [5.74, 6) is 0.583. The third-order valence-corrected chi connectivity index (χ3v) is 2.41. The van der Waals surface area contributed by atoms with Crippen molar-refractivity contribution in [1.29, 1.82) is 0 Å². The van der Waals surface area contributed by atoms with Crippen LogP contribution in [-0.4, -0.2) is 27.5 Å². The summed E-state index contributed by atoms with van der Waals surface area (Å²) in [6.07, 6.45) is 0.129. The molecule has 0 aromatic heterocycles. The molecule has 1 rings (SSSR count). The summed E-state index contributed by atoms with van der Waals surface area (Å²) in [4.78, 5) is 0. The van der Waals surface area contributed by atoms with Crippen molar-refractivity contribution in [3.05, 3.63) is 12.2 Å². The van der Waals surface area contributed by atoms with Crippen molar-refractivity contribution in [2.75, 3.05) is 5.75 Å². The maximum Gasteiger partial charge on any atom is 0.103 e. The van der Waals surface area contributed by atoms with E-state index in [-0.39, 0.29) is 5.44 Å². The van der Waals surface area contributed by atoms with Gasteiger partial charge in [0.25, 0.3) is 0 Å². The lowest BCUT2D eigenvalue weighted by Gasteiger charge is -2.22. The first-order chi connectivity index (χ1) is 4.20. The molecule has 1 aliphatic rings. The Morgan fingerprint density at radius 3 is 2.67 bits per heavy atom. The average molecular weight is 146 g/mol. The van der Waals surface area contributed by atoms with Crippen LogP contribution in [0.2, 0.25) is 0 Å². The number of aliphatic hydroxyl groups is 2. The normalized spacial score (nSPS) is 36.9. The van der Waals surface area contributed by atoms with Gasteiger partial charge in [0.15, 0.2) is 0 Å². The molecule has 2 nitrogen and oxygen atoms in total. The molecule has 0 amide bonds. The average Bonchev–Trinajstić information content (AvgIpc) is 1.80. The highest BCUT2D eigenvalue weighted by atomic mass is 32.2. The van der Waals surface area contributed by atoms with E-state index < -0.39 is 6.10 Å². The van der Waals surface area contributed by atoms with Gasteiger partial charge in [-0.1, -0.05) is 6.58 Å². The van der Waals surface area contributed by atoms with Crippen molar-refractivity contribution in [3.8, 4) is 0 Å². The van der Waals surface area contributed by atoms with E-state index in [9.17, 15) is 0 Å².